The van der Waals surface area contributed by atoms with Crippen molar-refractivity contribution in [2.24, 2.45) is 0 Å². The number of rotatable bonds is 7. The normalized spacial score (nSPS) is 11.5. The Bertz CT molecular complexity index is 3220. The fraction of sp³-hybridized carbons (Fsp3) is 0. The standard InChI is InChI=1S/C54H36N2O/c1-4-14-37(15-5-1)38-24-28-45(29-25-38)55(43-16-6-2-7-17-43)46-33-41(39-27-31-54-50(35-39)49-21-11-13-23-53(49)57-54)32-42(34-46)40-26-30-48-47-20-10-12-22-51(47)56(52(48)36-40)44-18-8-3-9-19-44/h1-36H. The Morgan fingerprint density at radius 2 is 0.842 bits per heavy atom. The van der Waals surface area contributed by atoms with Crippen LogP contribution in [0, 0.1) is 0 Å². The van der Waals surface area contributed by atoms with Gasteiger partial charge in [0.1, 0.15) is 11.2 Å². The molecule has 3 heteroatoms. The van der Waals surface area contributed by atoms with Crippen LogP contribution in [-0.2, 0) is 0 Å². The van der Waals surface area contributed by atoms with Crippen molar-refractivity contribution in [2.75, 3.05) is 4.90 Å². The maximum atomic E-state index is 6.26. The van der Waals surface area contributed by atoms with Crippen molar-refractivity contribution in [1.82, 2.24) is 4.57 Å². The van der Waals surface area contributed by atoms with Crippen LogP contribution in [-0.4, -0.2) is 4.57 Å². The van der Waals surface area contributed by atoms with E-state index in [2.05, 4.69) is 216 Å². The highest BCUT2D eigenvalue weighted by atomic mass is 16.3. The summed E-state index contributed by atoms with van der Waals surface area (Å²) in [5.74, 6) is 0. The van der Waals surface area contributed by atoms with Crippen molar-refractivity contribution < 1.29 is 4.42 Å². The molecule has 0 aliphatic carbocycles. The maximum absolute atomic E-state index is 6.26. The van der Waals surface area contributed by atoms with E-state index in [-0.39, 0.29) is 0 Å². The van der Waals surface area contributed by atoms with Crippen molar-refractivity contribution in [3.05, 3.63) is 218 Å². The second kappa shape index (κ2) is 13.6. The summed E-state index contributed by atoms with van der Waals surface area (Å²) < 4.78 is 8.65. The molecule has 2 heterocycles. The van der Waals surface area contributed by atoms with Crippen LogP contribution in [0.3, 0.4) is 0 Å². The van der Waals surface area contributed by atoms with Gasteiger partial charge in [-0.2, -0.15) is 0 Å². The zero-order valence-corrected chi connectivity index (χ0v) is 31.1. The van der Waals surface area contributed by atoms with E-state index in [4.69, 9.17) is 4.42 Å². The van der Waals surface area contributed by atoms with Crippen LogP contribution in [0.4, 0.5) is 17.1 Å². The van der Waals surface area contributed by atoms with E-state index in [9.17, 15) is 0 Å². The van der Waals surface area contributed by atoms with Gasteiger partial charge in [-0.05, 0) is 118 Å². The molecular weight excluding hydrogens is 693 g/mol. The quantitative estimate of drug-likeness (QED) is 0.163. The molecule has 0 fully saturated rings. The van der Waals surface area contributed by atoms with Gasteiger partial charge in [0.15, 0.2) is 0 Å². The molecule has 11 aromatic rings. The van der Waals surface area contributed by atoms with Crippen LogP contribution in [0.1, 0.15) is 0 Å². The first-order valence-corrected chi connectivity index (χ1v) is 19.4. The van der Waals surface area contributed by atoms with Gasteiger partial charge < -0.3 is 13.9 Å². The smallest absolute Gasteiger partial charge is 0.135 e. The summed E-state index contributed by atoms with van der Waals surface area (Å²) in [6.07, 6.45) is 0. The summed E-state index contributed by atoms with van der Waals surface area (Å²) in [7, 11) is 0. The number of anilines is 3. The van der Waals surface area contributed by atoms with Gasteiger partial charge in [0.25, 0.3) is 0 Å². The third-order valence-corrected chi connectivity index (χ3v) is 11.2. The minimum Gasteiger partial charge on any atom is -0.456 e. The molecule has 0 bridgehead atoms. The molecule has 268 valence electrons. The number of para-hydroxylation sites is 4. The van der Waals surface area contributed by atoms with Gasteiger partial charge in [-0.3, -0.25) is 0 Å². The van der Waals surface area contributed by atoms with E-state index in [0.717, 1.165) is 66.9 Å². The lowest BCUT2D eigenvalue weighted by atomic mass is 9.95. The minimum absolute atomic E-state index is 0.889. The van der Waals surface area contributed by atoms with E-state index in [0.29, 0.717) is 0 Å². The van der Waals surface area contributed by atoms with Crippen LogP contribution < -0.4 is 4.90 Å². The van der Waals surface area contributed by atoms with E-state index in [1.54, 1.807) is 0 Å². The molecule has 0 spiro atoms. The van der Waals surface area contributed by atoms with Crippen molar-refractivity contribution in [1.29, 1.82) is 0 Å². The number of benzene rings is 9. The van der Waals surface area contributed by atoms with Crippen LogP contribution in [0.2, 0.25) is 0 Å². The largest absolute Gasteiger partial charge is 0.456 e. The van der Waals surface area contributed by atoms with Gasteiger partial charge in [-0.25, -0.2) is 0 Å². The highest BCUT2D eigenvalue weighted by Crippen LogP contribution is 2.42. The first-order chi connectivity index (χ1) is 28.2. The Hall–Kier alpha value is -7.62. The zero-order valence-electron chi connectivity index (χ0n) is 31.1. The second-order valence-electron chi connectivity index (χ2n) is 14.6. The molecule has 3 nitrogen and oxygen atoms in total. The minimum atomic E-state index is 0.889. The monoisotopic (exact) mass is 728 g/mol. The lowest BCUT2D eigenvalue weighted by molar-refractivity contribution is 0.669. The number of hydrogen-bond donors (Lipinski definition) is 0. The van der Waals surface area contributed by atoms with Gasteiger partial charge in [0.2, 0.25) is 0 Å². The molecule has 0 atom stereocenters. The topological polar surface area (TPSA) is 21.3 Å². The van der Waals surface area contributed by atoms with E-state index >= 15 is 0 Å². The molecule has 0 radical (unpaired) electrons. The molecular formula is C54H36N2O. The van der Waals surface area contributed by atoms with Crippen molar-refractivity contribution in [3.8, 4) is 39.1 Å². The molecule has 0 saturated carbocycles. The summed E-state index contributed by atoms with van der Waals surface area (Å²) in [6.45, 7) is 0. The Kier molecular flexibility index (Phi) is 7.82. The molecule has 0 aliphatic heterocycles. The fourth-order valence-corrected chi connectivity index (χ4v) is 8.44. The number of hydrogen-bond acceptors (Lipinski definition) is 2. The average molecular weight is 729 g/mol. The summed E-state index contributed by atoms with van der Waals surface area (Å²) in [6, 6.07) is 78.3. The number of furan rings is 1. The molecule has 0 unspecified atom stereocenters. The van der Waals surface area contributed by atoms with Gasteiger partial charge >= 0.3 is 0 Å². The van der Waals surface area contributed by atoms with Crippen molar-refractivity contribution >= 4 is 60.8 Å². The Morgan fingerprint density at radius 3 is 1.61 bits per heavy atom. The maximum Gasteiger partial charge on any atom is 0.135 e. The molecule has 11 rings (SSSR count). The van der Waals surface area contributed by atoms with Gasteiger partial charge in [-0.1, -0.05) is 133 Å². The van der Waals surface area contributed by atoms with Crippen LogP contribution in [0.5, 0.6) is 0 Å². The number of aromatic nitrogens is 1. The third kappa shape index (κ3) is 5.76. The first kappa shape index (κ1) is 32.8. The van der Waals surface area contributed by atoms with Crippen molar-refractivity contribution in [2.45, 2.75) is 0 Å². The van der Waals surface area contributed by atoms with E-state index in [1.807, 2.05) is 12.1 Å². The van der Waals surface area contributed by atoms with Crippen molar-refractivity contribution in [3.63, 3.8) is 0 Å². The first-order valence-electron chi connectivity index (χ1n) is 19.4. The molecule has 0 saturated heterocycles. The Morgan fingerprint density at radius 1 is 0.298 bits per heavy atom. The van der Waals surface area contributed by atoms with Crippen LogP contribution in [0.15, 0.2) is 223 Å². The van der Waals surface area contributed by atoms with E-state index in [1.165, 1.54) is 32.9 Å². The Balaban J connectivity index is 1.14. The van der Waals surface area contributed by atoms with Gasteiger partial charge in [-0.15, -0.1) is 0 Å². The molecule has 9 aromatic carbocycles. The SMILES string of the molecule is c1ccc(-c2ccc(N(c3ccccc3)c3cc(-c4ccc5oc6ccccc6c5c4)cc(-c4ccc5c6ccccc6n(-c6ccccc6)c5c4)c3)cc2)cc1. The third-order valence-electron chi connectivity index (χ3n) is 11.2. The lowest BCUT2D eigenvalue weighted by Crippen LogP contribution is -2.10. The van der Waals surface area contributed by atoms with Crippen LogP contribution >= 0.6 is 0 Å². The zero-order chi connectivity index (χ0) is 37.7. The predicted molar refractivity (Wildman–Crippen MR) is 239 cm³/mol. The van der Waals surface area contributed by atoms with Gasteiger partial charge in [0, 0.05) is 44.3 Å². The summed E-state index contributed by atoms with van der Waals surface area (Å²) in [5.41, 5.74) is 15.5. The van der Waals surface area contributed by atoms with Crippen LogP contribution in [0.25, 0.3) is 82.8 Å². The highest BCUT2D eigenvalue weighted by molar-refractivity contribution is 6.10. The summed E-state index contributed by atoms with van der Waals surface area (Å²) in [4.78, 5) is 2.37. The number of nitrogens with zero attached hydrogens (tertiary/aromatic N) is 2. The van der Waals surface area contributed by atoms with E-state index < -0.39 is 0 Å². The predicted octanol–water partition coefficient (Wildman–Crippen LogP) is 15.2. The number of fused-ring (bicyclic) bond motifs is 6. The molecule has 2 aromatic heterocycles. The molecule has 0 aliphatic rings. The summed E-state index contributed by atoms with van der Waals surface area (Å²) in [5, 5.41) is 4.71. The fourth-order valence-electron chi connectivity index (χ4n) is 8.44. The molecule has 57 heavy (non-hydrogen) atoms. The summed E-state index contributed by atoms with van der Waals surface area (Å²) >= 11 is 0. The average Bonchev–Trinajstić information content (AvgIpc) is 3.83. The van der Waals surface area contributed by atoms with Gasteiger partial charge in [0.05, 0.1) is 11.0 Å². The highest BCUT2D eigenvalue weighted by Gasteiger charge is 2.19. The Labute approximate surface area is 330 Å². The lowest BCUT2D eigenvalue weighted by Gasteiger charge is -2.27. The molecule has 0 amide bonds. The second-order valence-corrected chi connectivity index (χ2v) is 14.6. The molecule has 0 N–H and O–H groups in total.